The molecule has 6 heteroatoms. The minimum Gasteiger partial charge on any atom is -0.466 e. The van der Waals surface area contributed by atoms with Gasteiger partial charge in [0.1, 0.15) is 0 Å². The summed E-state index contributed by atoms with van der Waals surface area (Å²) in [6.45, 7) is 4.97. The van der Waals surface area contributed by atoms with Gasteiger partial charge in [-0.25, -0.2) is 0 Å². The third-order valence-corrected chi connectivity index (χ3v) is 18.6. The number of carbonyl (C=O) groups is 2. The lowest BCUT2D eigenvalue weighted by Crippen LogP contribution is -2.45. The molecular weight excluding hydrogens is 1030 g/mol. The summed E-state index contributed by atoms with van der Waals surface area (Å²) < 4.78 is 5.51. The average Bonchev–Trinajstić information content (AvgIpc) is 3.51. The molecule has 0 saturated carbocycles. The minimum absolute atomic E-state index is 0.0214. The Hall–Kier alpha value is -1.40. The molecule has 0 bridgehead atoms. The lowest BCUT2D eigenvalue weighted by atomic mass is 10.0. The van der Waals surface area contributed by atoms with Gasteiger partial charge in [0.05, 0.1) is 25.4 Å². The fourth-order valence-corrected chi connectivity index (χ4v) is 12.6. The Balaban J connectivity index is 3.37. The molecular formula is C78H153NO5. The third-order valence-electron chi connectivity index (χ3n) is 18.6. The van der Waals surface area contributed by atoms with Crippen molar-refractivity contribution < 1.29 is 24.5 Å². The molecule has 0 fully saturated rings. The highest BCUT2D eigenvalue weighted by Gasteiger charge is 2.18. The van der Waals surface area contributed by atoms with Gasteiger partial charge >= 0.3 is 5.97 Å². The summed E-state index contributed by atoms with van der Waals surface area (Å²) in [4.78, 5) is 24.7. The molecule has 84 heavy (non-hydrogen) atoms. The topological polar surface area (TPSA) is 95.9 Å². The summed E-state index contributed by atoms with van der Waals surface area (Å²) in [6, 6.07) is -0.628. The van der Waals surface area contributed by atoms with Crippen LogP contribution >= 0.6 is 0 Å². The number of unbranched alkanes of at least 4 members (excludes halogenated alkanes) is 63. The Kier molecular flexibility index (Phi) is 72.8. The molecule has 6 nitrogen and oxygen atoms in total. The largest absolute Gasteiger partial charge is 0.466 e. The van der Waals surface area contributed by atoms with Gasteiger partial charge in [-0.2, -0.15) is 0 Å². The van der Waals surface area contributed by atoms with Crippen molar-refractivity contribution in [2.45, 2.75) is 463 Å². The second-order valence-electron chi connectivity index (χ2n) is 27.1. The van der Waals surface area contributed by atoms with E-state index in [0.29, 0.717) is 19.4 Å². The number of aliphatic hydroxyl groups excluding tert-OH is 2. The fraction of sp³-hybridized carbons (Fsp3) is 0.949. The molecule has 3 N–H and O–H groups in total. The number of carbonyl (C=O) groups excluding carboxylic acids is 2. The Bertz CT molecular complexity index is 1270. The first-order chi connectivity index (χ1) is 41.5. The highest BCUT2D eigenvalue weighted by Crippen LogP contribution is 2.20. The van der Waals surface area contributed by atoms with Crippen molar-refractivity contribution in [1.29, 1.82) is 0 Å². The highest BCUT2D eigenvalue weighted by atomic mass is 16.5. The fourth-order valence-electron chi connectivity index (χ4n) is 12.6. The van der Waals surface area contributed by atoms with E-state index >= 15 is 0 Å². The number of esters is 1. The van der Waals surface area contributed by atoms with Gasteiger partial charge in [-0.3, -0.25) is 9.59 Å². The summed E-state index contributed by atoms with van der Waals surface area (Å²) in [7, 11) is 0. The molecule has 1 amide bonds. The number of hydrogen-bond acceptors (Lipinski definition) is 5. The maximum Gasteiger partial charge on any atom is 0.305 e. The highest BCUT2D eigenvalue weighted by molar-refractivity contribution is 5.76. The Morgan fingerprint density at radius 2 is 0.548 bits per heavy atom. The molecule has 0 saturated heterocycles. The lowest BCUT2D eigenvalue weighted by Gasteiger charge is -2.20. The van der Waals surface area contributed by atoms with Gasteiger partial charge < -0.3 is 20.3 Å². The van der Waals surface area contributed by atoms with E-state index in [1.165, 1.54) is 385 Å². The summed E-state index contributed by atoms with van der Waals surface area (Å²) >= 11 is 0. The summed E-state index contributed by atoms with van der Waals surface area (Å²) in [5, 5.41) is 23.3. The van der Waals surface area contributed by atoms with Gasteiger partial charge in [-0.05, 0) is 32.1 Å². The van der Waals surface area contributed by atoms with E-state index < -0.39 is 12.1 Å². The van der Waals surface area contributed by atoms with E-state index in [-0.39, 0.29) is 18.5 Å². The average molecular weight is 1190 g/mol. The number of aliphatic hydroxyl groups is 2. The Morgan fingerprint density at radius 1 is 0.321 bits per heavy atom. The second kappa shape index (κ2) is 74.1. The van der Waals surface area contributed by atoms with Crippen LogP contribution in [0.15, 0.2) is 12.2 Å². The molecule has 2 atom stereocenters. The molecule has 0 aromatic heterocycles. The predicted octanol–water partition coefficient (Wildman–Crippen LogP) is 25.5. The van der Waals surface area contributed by atoms with Gasteiger partial charge in [0.25, 0.3) is 0 Å². The van der Waals surface area contributed by atoms with E-state index in [1.807, 2.05) is 6.08 Å². The first-order valence-electron chi connectivity index (χ1n) is 39.0. The Labute approximate surface area is 527 Å². The molecule has 0 rings (SSSR count). The first-order valence-corrected chi connectivity index (χ1v) is 39.0. The smallest absolute Gasteiger partial charge is 0.305 e. The maximum atomic E-state index is 12.6. The van der Waals surface area contributed by atoms with Crippen LogP contribution in [0.3, 0.4) is 0 Å². The second-order valence-corrected chi connectivity index (χ2v) is 27.1. The van der Waals surface area contributed by atoms with E-state index in [2.05, 4.69) is 19.2 Å². The van der Waals surface area contributed by atoms with E-state index in [1.54, 1.807) is 6.08 Å². The zero-order valence-electron chi connectivity index (χ0n) is 57.4. The summed E-state index contributed by atoms with van der Waals surface area (Å²) in [5.74, 6) is -0.0390. The van der Waals surface area contributed by atoms with Gasteiger partial charge in [0.2, 0.25) is 5.91 Å². The van der Waals surface area contributed by atoms with Crippen LogP contribution in [0.25, 0.3) is 0 Å². The van der Waals surface area contributed by atoms with E-state index in [9.17, 15) is 19.8 Å². The van der Waals surface area contributed by atoms with Gasteiger partial charge in [0.15, 0.2) is 0 Å². The van der Waals surface area contributed by atoms with Crippen LogP contribution in [0.5, 0.6) is 0 Å². The summed E-state index contributed by atoms with van der Waals surface area (Å²) in [6.07, 6.45) is 93.2. The predicted molar refractivity (Wildman–Crippen MR) is 370 cm³/mol. The van der Waals surface area contributed by atoms with Crippen LogP contribution < -0.4 is 5.32 Å². The number of nitrogens with one attached hydrogen (secondary N) is 1. The van der Waals surface area contributed by atoms with Crippen molar-refractivity contribution in [3.8, 4) is 0 Å². The van der Waals surface area contributed by atoms with Crippen LogP contribution in [0.4, 0.5) is 0 Å². The molecule has 500 valence electrons. The van der Waals surface area contributed by atoms with Crippen molar-refractivity contribution in [3.63, 3.8) is 0 Å². The number of amides is 1. The van der Waals surface area contributed by atoms with Gasteiger partial charge in [0, 0.05) is 12.8 Å². The van der Waals surface area contributed by atoms with E-state index in [4.69, 9.17) is 4.74 Å². The quantitative estimate of drug-likeness (QED) is 0.0320. The Morgan fingerprint density at radius 3 is 0.810 bits per heavy atom. The van der Waals surface area contributed by atoms with Crippen LogP contribution in [-0.4, -0.2) is 47.4 Å². The van der Waals surface area contributed by atoms with Gasteiger partial charge in [-0.1, -0.05) is 418 Å². The molecule has 0 aliphatic carbocycles. The molecule has 0 aliphatic rings. The zero-order chi connectivity index (χ0) is 60.6. The van der Waals surface area contributed by atoms with Crippen molar-refractivity contribution in [2.24, 2.45) is 0 Å². The van der Waals surface area contributed by atoms with Crippen molar-refractivity contribution in [1.82, 2.24) is 5.32 Å². The minimum atomic E-state index is -0.844. The van der Waals surface area contributed by atoms with Crippen molar-refractivity contribution in [2.75, 3.05) is 13.2 Å². The SMILES string of the molecule is CCCCCCCCCCCCCCCCCCCCCCCCC/C=C/C(O)C(CO)NC(=O)CCCCCCCCCCCCCCCCCCCCCCCCCCCOC(=O)CCCCCCCCCCCCCCCCCCC. The standard InChI is InChI=1S/C78H153NO5/c1-3-5-7-9-11-13-15-17-19-21-22-23-24-26-29-32-35-39-42-46-50-54-58-62-66-70-76(81)75(74-80)79-77(82)71-67-63-59-55-51-47-43-40-36-33-30-27-25-28-31-34-37-41-45-49-53-57-61-65-69-73-84-78(83)72-68-64-60-56-52-48-44-38-20-18-16-14-12-10-8-6-4-2/h66,70,75-76,80-81H,3-65,67-69,71-74H2,1-2H3,(H,79,82)/b70-66+. The number of hydrogen-bond donors (Lipinski definition) is 3. The molecule has 0 spiro atoms. The number of ether oxygens (including phenoxy) is 1. The van der Waals surface area contributed by atoms with Crippen molar-refractivity contribution in [3.05, 3.63) is 12.2 Å². The number of rotatable bonds is 74. The van der Waals surface area contributed by atoms with Crippen LogP contribution in [0.2, 0.25) is 0 Å². The molecule has 0 heterocycles. The normalized spacial score (nSPS) is 12.5. The lowest BCUT2D eigenvalue weighted by molar-refractivity contribution is -0.143. The van der Waals surface area contributed by atoms with Crippen LogP contribution in [0.1, 0.15) is 450 Å². The monoisotopic (exact) mass is 1180 g/mol. The van der Waals surface area contributed by atoms with Crippen LogP contribution in [0, 0.1) is 0 Å². The maximum absolute atomic E-state index is 12.6. The third kappa shape index (κ3) is 69.7. The molecule has 0 aromatic rings. The molecule has 0 aliphatic heterocycles. The first kappa shape index (κ1) is 82.6. The molecule has 2 unspecified atom stereocenters. The zero-order valence-corrected chi connectivity index (χ0v) is 57.4. The number of allylic oxidation sites excluding steroid dienone is 1. The molecule has 0 radical (unpaired) electrons. The van der Waals surface area contributed by atoms with Crippen molar-refractivity contribution >= 4 is 11.9 Å². The van der Waals surface area contributed by atoms with Gasteiger partial charge in [-0.15, -0.1) is 0 Å². The van der Waals surface area contributed by atoms with E-state index in [0.717, 1.165) is 38.5 Å². The summed E-state index contributed by atoms with van der Waals surface area (Å²) in [5.41, 5.74) is 0. The molecule has 0 aromatic carbocycles. The van der Waals surface area contributed by atoms with Crippen LogP contribution in [-0.2, 0) is 14.3 Å².